The predicted molar refractivity (Wildman–Crippen MR) is 134 cm³/mol. The molecule has 1 spiro atoms. The molecule has 2 atom stereocenters. The number of rotatable bonds is 6. The Morgan fingerprint density at radius 1 is 1.23 bits per heavy atom. The maximum atomic E-state index is 13.1. The molecule has 2 amide bonds. The van der Waals surface area contributed by atoms with E-state index in [1.54, 1.807) is 18.5 Å². The molecule has 2 aliphatic rings. The smallest absolute Gasteiger partial charge is 0.320 e. The van der Waals surface area contributed by atoms with Crippen LogP contribution in [0.15, 0.2) is 60.9 Å². The van der Waals surface area contributed by atoms with Crippen molar-refractivity contribution in [2.75, 3.05) is 32.1 Å². The standard InChI is InChI=1S/C26H29N7O2/c1-17-10-20(8-9-28-17)30-22-13-29-23(11-19(22)12-27)31-25(34)32-24-21(18-6-4-3-5-7-18)14-33(2)26(24)15-35-16-26/h3-13,21,24,27H,14-16H2,1-2H3,(H,28,30)(H2,29,31,32,34)/p+1/t21-,24-/m0/s1. The average molecular weight is 473 g/mol. The Balaban J connectivity index is 1.32. The topological polar surface area (TPSA) is 120 Å². The van der Waals surface area contributed by atoms with E-state index in [-0.39, 0.29) is 23.5 Å². The summed E-state index contributed by atoms with van der Waals surface area (Å²) < 4.78 is 5.59. The third kappa shape index (κ3) is 4.53. The van der Waals surface area contributed by atoms with E-state index in [2.05, 4.69) is 44.7 Å². The first-order valence-electron chi connectivity index (χ1n) is 11.7. The van der Waals surface area contributed by atoms with Gasteiger partial charge in [0.25, 0.3) is 0 Å². The van der Waals surface area contributed by atoms with Gasteiger partial charge in [-0.15, -0.1) is 0 Å². The first-order chi connectivity index (χ1) is 17.0. The van der Waals surface area contributed by atoms with Crippen LogP contribution in [0, 0.1) is 12.3 Å². The summed E-state index contributed by atoms with van der Waals surface area (Å²) in [7, 11) is 2.09. The number of hydrogen-bond acceptors (Lipinski definition) is 6. The second kappa shape index (κ2) is 9.53. The summed E-state index contributed by atoms with van der Waals surface area (Å²) in [5, 5.41) is 15.9. The fourth-order valence-electron chi connectivity index (χ4n) is 5.06. The van der Waals surface area contributed by atoms with Crippen LogP contribution in [0.4, 0.5) is 22.0 Å². The van der Waals surface area contributed by atoms with Crippen LogP contribution in [0.1, 0.15) is 22.7 Å². The van der Waals surface area contributed by atoms with Gasteiger partial charge in [0.2, 0.25) is 0 Å². The molecule has 35 heavy (non-hydrogen) atoms. The number of urea groups is 1. The number of nitrogens with zero attached hydrogens (tertiary/aromatic N) is 3. The number of quaternary nitrogens is 1. The second-order valence-corrected chi connectivity index (χ2v) is 9.29. The van der Waals surface area contributed by atoms with Crippen molar-refractivity contribution < 1.29 is 14.8 Å². The molecule has 5 N–H and O–H groups in total. The van der Waals surface area contributed by atoms with Gasteiger partial charge in [0.05, 0.1) is 36.6 Å². The molecule has 9 heteroatoms. The zero-order chi connectivity index (χ0) is 24.4. The number of aromatic nitrogens is 2. The van der Waals surface area contributed by atoms with Crippen LogP contribution in [0.2, 0.25) is 0 Å². The van der Waals surface area contributed by atoms with E-state index in [4.69, 9.17) is 10.1 Å². The van der Waals surface area contributed by atoms with Crippen LogP contribution < -0.4 is 16.0 Å². The van der Waals surface area contributed by atoms with Crippen LogP contribution in [0.3, 0.4) is 0 Å². The number of nitrogens with two attached hydrogens (primary N) is 1. The minimum atomic E-state index is -0.317. The molecule has 1 aromatic carbocycles. The lowest BCUT2D eigenvalue weighted by molar-refractivity contribution is -0.479. The SMILES string of the molecule is Cc1cc([NH2+]c2cnc(NC(=O)N[C@H]3[C@H](c4ccccc4)CN(C)C34COC4)cc2C=N)ccn1. The number of ether oxygens (including phenoxy) is 1. The summed E-state index contributed by atoms with van der Waals surface area (Å²) in [6.07, 6.45) is 4.69. The molecule has 0 unspecified atom stereocenters. The van der Waals surface area contributed by atoms with Gasteiger partial charge < -0.3 is 15.5 Å². The molecule has 4 heterocycles. The Morgan fingerprint density at radius 3 is 2.71 bits per heavy atom. The number of carbonyl (C=O) groups is 1. The largest absolute Gasteiger partial charge is 0.377 e. The number of likely N-dealkylation sites (tertiary alicyclic amines) is 1. The molecule has 2 saturated heterocycles. The number of aryl methyl sites for hydroxylation is 1. The van der Waals surface area contributed by atoms with Gasteiger partial charge in [0.1, 0.15) is 11.5 Å². The molecule has 9 nitrogen and oxygen atoms in total. The van der Waals surface area contributed by atoms with E-state index in [1.807, 2.05) is 42.6 Å². The number of amides is 2. The summed E-state index contributed by atoms with van der Waals surface area (Å²) in [5.41, 5.74) is 4.33. The Morgan fingerprint density at radius 2 is 2.03 bits per heavy atom. The molecule has 180 valence electrons. The quantitative estimate of drug-likeness (QED) is 0.411. The number of likely N-dealkylation sites (N-methyl/N-ethyl adjacent to an activating group) is 1. The number of pyridine rings is 2. The Bertz CT molecular complexity index is 1230. The van der Waals surface area contributed by atoms with Crippen molar-refractivity contribution in [3.63, 3.8) is 0 Å². The lowest BCUT2D eigenvalue weighted by atomic mass is 9.81. The van der Waals surface area contributed by atoms with E-state index in [9.17, 15) is 4.79 Å². The number of benzene rings is 1. The summed E-state index contributed by atoms with van der Waals surface area (Å²) in [5.74, 6) is 0.548. The summed E-state index contributed by atoms with van der Waals surface area (Å²) >= 11 is 0. The Labute approximate surface area is 204 Å². The van der Waals surface area contributed by atoms with Crippen molar-refractivity contribution in [3.8, 4) is 0 Å². The molecule has 2 aliphatic heterocycles. The van der Waals surface area contributed by atoms with Crippen molar-refractivity contribution in [2.24, 2.45) is 0 Å². The zero-order valence-corrected chi connectivity index (χ0v) is 19.9. The van der Waals surface area contributed by atoms with Crippen molar-refractivity contribution in [2.45, 2.75) is 24.4 Å². The molecular weight excluding hydrogens is 442 g/mol. The normalized spacial score (nSPS) is 20.9. The van der Waals surface area contributed by atoms with E-state index < -0.39 is 0 Å². The van der Waals surface area contributed by atoms with Crippen molar-refractivity contribution in [1.29, 1.82) is 5.41 Å². The summed E-state index contributed by atoms with van der Waals surface area (Å²) in [6.45, 7) is 3.95. The van der Waals surface area contributed by atoms with E-state index in [0.29, 0.717) is 24.6 Å². The van der Waals surface area contributed by atoms with E-state index >= 15 is 0 Å². The maximum Gasteiger partial charge on any atom is 0.320 e. The minimum Gasteiger partial charge on any atom is -0.377 e. The Hall–Kier alpha value is -3.66. The van der Waals surface area contributed by atoms with Crippen LogP contribution in [0.25, 0.3) is 0 Å². The first-order valence-corrected chi connectivity index (χ1v) is 11.7. The van der Waals surface area contributed by atoms with Gasteiger partial charge >= 0.3 is 6.03 Å². The highest BCUT2D eigenvalue weighted by molar-refractivity contribution is 5.91. The maximum absolute atomic E-state index is 13.1. The average Bonchev–Trinajstić information content (AvgIpc) is 3.12. The molecule has 3 aromatic rings. The van der Waals surface area contributed by atoms with E-state index in [1.165, 1.54) is 11.8 Å². The van der Waals surface area contributed by atoms with Gasteiger partial charge in [-0.3, -0.25) is 20.5 Å². The van der Waals surface area contributed by atoms with Crippen LogP contribution >= 0.6 is 0 Å². The lowest BCUT2D eigenvalue weighted by Gasteiger charge is -2.47. The summed E-state index contributed by atoms with van der Waals surface area (Å²) in [6, 6.07) is 15.5. The molecule has 0 radical (unpaired) electrons. The fourth-order valence-corrected chi connectivity index (χ4v) is 5.06. The molecule has 5 rings (SSSR count). The molecule has 0 saturated carbocycles. The molecule has 2 fully saturated rings. The molecule has 0 bridgehead atoms. The van der Waals surface area contributed by atoms with Crippen LogP contribution in [-0.4, -0.2) is 65.5 Å². The number of anilines is 1. The van der Waals surface area contributed by atoms with Gasteiger partial charge in [-0.05, 0) is 25.6 Å². The third-order valence-corrected chi connectivity index (χ3v) is 7.04. The fraction of sp³-hybridized carbons (Fsp3) is 0.308. The minimum absolute atomic E-state index is 0.103. The van der Waals surface area contributed by atoms with Crippen LogP contribution in [-0.2, 0) is 4.74 Å². The van der Waals surface area contributed by atoms with Crippen molar-refractivity contribution >= 4 is 29.4 Å². The Kier molecular flexibility index (Phi) is 6.29. The number of carbonyl (C=O) groups excluding carboxylic acids is 1. The van der Waals surface area contributed by atoms with Gasteiger partial charge in [0.15, 0.2) is 5.69 Å². The van der Waals surface area contributed by atoms with Gasteiger partial charge in [-0.2, -0.15) is 0 Å². The highest BCUT2D eigenvalue weighted by Crippen LogP contribution is 2.42. The number of nitrogens with one attached hydrogen (secondary N) is 3. The highest BCUT2D eigenvalue weighted by atomic mass is 16.5. The van der Waals surface area contributed by atoms with Crippen molar-refractivity contribution in [3.05, 3.63) is 77.7 Å². The monoisotopic (exact) mass is 472 g/mol. The van der Waals surface area contributed by atoms with Crippen molar-refractivity contribution in [1.82, 2.24) is 20.2 Å². The highest BCUT2D eigenvalue weighted by Gasteiger charge is 2.57. The number of hydrogen-bond donors (Lipinski definition) is 4. The summed E-state index contributed by atoms with van der Waals surface area (Å²) in [4.78, 5) is 24.0. The van der Waals surface area contributed by atoms with Gasteiger partial charge in [-0.1, -0.05) is 30.3 Å². The third-order valence-electron chi connectivity index (χ3n) is 7.04. The van der Waals surface area contributed by atoms with Crippen LogP contribution in [0.5, 0.6) is 0 Å². The molecular formula is C26H30N7O2+. The van der Waals surface area contributed by atoms with Gasteiger partial charge in [-0.25, -0.2) is 9.78 Å². The lowest BCUT2D eigenvalue weighted by Crippen LogP contribution is -2.71. The van der Waals surface area contributed by atoms with E-state index in [0.717, 1.165) is 23.6 Å². The molecule has 2 aromatic heterocycles. The van der Waals surface area contributed by atoms with Gasteiger partial charge in [0, 0.05) is 42.7 Å². The predicted octanol–water partition coefficient (Wildman–Crippen LogP) is 2.30. The first kappa shape index (κ1) is 23.1. The second-order valence-electron chi connectivity index (χ2n) is 9.29. The zero-order valence-electron chi connectivity index (χ0n) is 19.9. The molecule has 0 aliphatic carbocycles.